The van der Waals surface area contributed by atoms with E-state index < -0.39 is 17.5 Å². The van der Waals surface area contributed by atoms with Crippen molar-refractivity contribution in [3.05, 3.63) is 111 Å². The minimum atomic E-state index is -1.48. The number of aryl methyl sites for hydroxylation is 2. The Balaban J connectivity index is 0.000000431. The summed E-state index contributed by atoms with van der Waals surface area (Å²) in [6.07, 6.45) is 0. The van der Waals surface area contributed by atoms with E-state index in [0.717, 1.165) is 11.4 Å². The molecule has 0 aliphatic heterocycles. The Morgan fingerprint density at radius 2 is 1.09 bits per heavy atom. The standard InChI is InChI=1S/C29H39N3.C10H12O4.Co/c1-18(2)24-16-20(5)12-14-28(24)30-22(7)26-10-9-11-27(32-26)23(8)31-29-15-13-21(6)17-25(29)19(3)4;1-5(2)6-3-4-7(11)9(12)8(6)10(13)14;/h9-19,22-23,30-31H,1-8H3;3-5,11-12H,1-2H3,(H,13,14);/q;;+1/p-1. The Morgan fingerprint density at radius 3 is 1.47 bits per heavy atom. The number of aromatic carboxylic acids is 1. The largest absolute Gasteiger partial charge is 1.00 e. The molecule has 0 radical (unpaired) electrons. The van der Waals surface area contributed by atoms with E-state index in [-0.39, 0.29) is 40.3 Å². The number of hydrogen-bond donors (Lipinski definition) is 4. The summed E-state index contributed by atoms with van der Waals surface area (Å²) in [6, 6.07) is 22.6. The molecule has 4 aromatic rings. The van der Waals surface area contributed by atoms with Crippen LogP contribution < -0.4 is 15.7 Å². The third-order valence-corrected chi connectivity index (χ3v) is 8.10. The zero-order chi connectivity index (χ0) is 34.3. The first-order valence-corrected chi connectivity index (χ1v) is 16.1. The van der Waals surface area contributed by atoms with Crippen molar-refractivity contribution in [3.8, 4) is 11.5 Å². The summed E-state index contributed by atoms with van der Waals surface area (Å²) in [5.74, 6) is -1.68. The van der Waals surface area contributed by atoms with Crippen LogP contribution in [0.4, 0.5) is 11.4 Å². The topological polar surface area (TPSA) is 118 Å². The molecule has 0 fully saturated rings. The Morgan fingerprint density at radius 1 is 0.660 bits per heavy atom. The van der Waals surface area contributed by atoms with E-state index in [0.29, 0.717) is 17.4 Å². The molecular weight excluding hydrogens is 633 g/mol. The van der Waals surface area contributed by atoms with Gasteiger partial charge in [0.1, 0.15) is 0 Å². The van der Waals surface area contributed by atoms with Crippen molar-refractivity contribution in [1.82, 2.24) is 4.98 Å². The number of carboxylic acids is 1. The maximum atomic E-state index is 10.7. The molecule has 0 aliphatic carbocycles. The number of carboxylic acid groups (broad SMARTS) is 1. The van der Waals surface area contributed by atoms with Crippen LogP contribution in [0.5, 0.6) is 11.5 Å². The number of hydrogen-bond acceptors (Lipinski definition) is 7. The zero-order valence-corrected chi connectivity index (χ0v) is 30.3. The van der Waals surface area contributed by atoms with Gasteiger partial charge in [-0.25, -0.2) is 0 Å². The predicted octanol–water partition coefficient (Wildman–Crippen LogP) is 8.87. The molecule has 0 saturated carbocycles. The number of phenolic OH excluding ortho intramolecular Hbond substituents is 1. The van der Waals surface area contributed by atoms with Crippen LogP contribution in [0.15, 0.2) is 66.7 Å². The van der Waals surface area contributed by atoms with Crippen LogP contribution in [0.1, 0.15) is 135 Å². The van der Waals surface area contributed by atoms with Gasteiger partial charge in [-0.1, -0.05) is 89.1 Å². The number of nitrogens with zero attached hydrogens (tertiary/aromatic N) is 1. The minimum absolute atomic E-state index is 0. The maximum Gasteiger partial charge on any atom is 1.00 e. The van der Waals surface area contributed by atoms with E-state index >= 15 is 0 Å². The number of carbonyl (C=O) groups excluding carboxylic acids is 1. The number of benzene rings is 3. The first kappa shape index (κ1) is 39.2. The fourth-order valence-electron chi connectivity index (χ4n) is 5.44. The van der Waals surface area contributed by atoms with Crippen LogP contribution in [-0.4, -0.2) is 21.2 Å². The average molecular weight is 684 g/mol. The third kappa shape index (κ3) is 10.2. The van der Waals surface area contributed by atoms with Crippen molar-refractivity contribution >= 4 is 17.3 Å². The van der Waals surface area contributed by atoms with Crippen LogP contribution in [0.25, 0.3) is 0 Å². The molecule has 47 heavy (non-hydrogen) atoms. The van der Waals surface area contributed by atoms with Gasteiger partial charge in [0.15, 0.2) is 11.5 Å². The number of carbonyl (C=O) groups is 1. The SMILES string of the molecule is CC(C)c1ccc(O)c(O)c1C(=O)[O-].Cc1ccc(NC(C)c2cccc(C(C)Nc3ccc(C)cc3C(C)C)n2)c(C(C)C)c1.[Co+]. The molecule has 0 saturated heterocycles. The second-order valence-electron chi connectivity index (χ2n) is 13.0. The van der Waals surface area contributed by atoms with Crippen LogP contribution >= 0.6 is 0 Å². The van der Waals surface area contributed by atoms with Crippen LogP contribution in [-0.2, 0) is 16.8 Å². The van der Waals surface area contributed by atoms with Gasteiger partial charge in [0.25, 0.3) is 0 Å². The summed E-state index contributed by atoms with van der Waals surface area (Å²) in [5.41, 5.74) is 9.90. The fraction of sp³-hybridized carbons (Fsp3) is 0.385. The molecule has 4 N–H and O–H groups in total. The summed E-state index contributed by atoms with van der Waals surface area (Å²) in [6.45, 7) is 21.2. The molecule has 0 spiro atoms. The average Bonchev–Trinajstić information content (AvgIpc) is 3.00. The Bertz CT molecular complexity index is 1570. The summed E-state index contributed by atoms with van der Waals surface area (Å²) >= 11 is 0. The first-order valence-electron chi connectivity index (χ1n) is 16.1. The Kier molecular flexibility index (Phi) is 14.4. The van der Waals surface area contributed by atoms with E-state index in [1.807, 2.05) is 0 Å². The van der Waals surface area contributed by atoms with Gasteiger partial charge in [-0.05, 0) is 92.5 Å². The van der Waals surface area contributed by atoms with Gasteiger partial charge in [-0.3, -0.25) is 4.98 Å². The molecule has 0 bridgehead atoms. The molecule has 0 aliphatic rings. The van der Waals surface area contributed by atoms with E-state index in [1.54, 1.807) is 13.8 Å². The normalized spacial score (nSPS) is 12.2. The Hall–Kier alpha value is -4.01. The molecule has 4 rings (SSSR count). The van der Waals surface area contributed by atoms with Gasteiger partial charge in [-0.2, -0.15) is 0 Å². The van der Waals surface area contributed by atoms with Crippen molar-refractivity contribution in [2.24, 2.45) is 0 Å². The third-order valence-electron chi connectivity index (χ3n) is 8.10. The number of phenols is 2. The van der Waals surface area contributed by atoms with Crippen molar-refractivity contribution < 1.29 is 36.9 Å². The predicted molar refractivity (Wildman–Crippen MR) is 187 cm³/mol. The number of rotatable bonds is 10. The van der Waals surface area contributed by atoms with Gasteiger partial charge >= 0.3 is 16.8 Å². The molecule has 1 heterocycles. The molecule has 0 amide bonds. The van der Waals surface area contributed by atoms with Gasteiger partial charge in [0.2, 0.25) is 0 Å². The van der Waals surface area contributed by atoms with E-state index in [9.17, 15) is 15.0 Å². The summed E-state index contributed by atoms with van der Waals surface area (Å²) in [5, 5.41) is 36.6. The number of aromatic hydroxyl groups is 2. The van der Waals surface area contributed by atoms with Crippen LogP contribution in [0.3, 0.4) is 0 Å². The van der Waals surface area contributed by atoms with Crippen molar-refractivity contribution in [1.29, 1.82) is 0 Å². The number of anilines is 2. The molecule has 254 valence electrons. The van der Waals surface area contributed by atoms with Gasteiger partial charge in [-0.15, -0.1) is 0 Å². The van der Waals surface area contributed by atoms with Crippen LogP contribution in [0.2, 0.25) is 0 Å². The number of pyridine rings is 1. The second-order valence-corrected chi connectivity index (χ2v) is 13.0. The summed E-state index contributed by atoms with van der Waals surface area (Å²) in [7, 11) is 0. The molecule has 3 aromatic carbocycles. The fourth-order valence-corrected chi connectivity index (χ4v) is 5.44. The van der Waals surface area contributed by atoms with Gasteiger partial charge in [0.05, 0.1) is 29.4 Å². The zero-order valence-electron chi connectivity index (χ0n) is 29.2. The van der Waals surface area contributed by atoms with E-state index in [4.69, 9.17) is 10.1 Å². The minimum Gasteiger partial charge on any atom is -0.545 e. The smallest absolute Gasteiger partial charge is 0.545 e. The number of aromatic nitrogens is 1. The summed E-state index contributed by atoms with van der Waals surface area (Å²) in [4.78, 5) is 15.7. The second kappa shape index (κ2) is 17.2. The Labute approximate surface area is 291 Å². The molecule has 7 nitrogen and oxygen atoms in total. The molecule has 2 atom stereocenters. The van der Waals surface area contributed by atoms with Crippen molar-refractivity contribution in [2.45, 2.75) is 99.1 Å². The molecule has 1 aromatic heterocycles. The van der Waals surface area contributed by atoms with E-state index in [2.05, 4.69) is 121 Å². The molecular formula is C39H50CoN3O4. The number of nitrogens with one attached hydrogen (secondary N) is 2. The van der Waals surface area contributed by atoms with Gasteiger partial charge in [0, 0.05) is 16.9 Å². The quantitative estimate of drug-likeness (QED) is 0.123. The maximum absolute atomic E-state index is 10.7. The van der Waals surface area contributed by atoms with Crippen LogP contribution in [0, 0.1) is 13.8 Å². The van der Waals surface area contributed by atoms with Gasteiger partial charge < -0.3 is 30.7 Å². The first-order chi connectivity index (χ1) is 21.6. The molecule has 2 unspecified atom stereocenters. The van der Waals surface area contributed by atoms with Crippen molar-refractivity contribution in [2.75, 3.05) is 10.6 Å². The van der Waals surface area contributed by atoms with E-state index in [1.165, 1.54) is 45.8 Å². The van der Waals surface area contributed by atoms with Crippen molar-refractivity contribution in [3.63, 3.8) is 0 Å². The summed E-state index contributed by atoms with van der Waals surface area (Å²) < 4.78 is 0. The monoisotopic (exact) mass is 683 g/mol. The molecule has 8 heteroatoms.